The first-order valence-electron chi connectivity index (χ1n) is 5.94. The van der Waals surface area contributed by atoms with E-state index in [-0.39, 0.29) is 10.8 Å². The van der Waals surface area contributed by atoms with Crippen LogP contribution in [0, 0.1) is 0 Å². The summed E-state index contributed by atoms with van der Waals surface area (Å²) in [6.07, 6.45) is 0. The number of rotatable bonds is 3. The van der Waals surface area contributed by atoms with Gasteiger partial charge in [0.1, 0.15) is 0 Å². The predicted molar refractivity (Wildman–Crippen MR) is 77.2 cm³/mol. The molecule has 1 aromatic heterocycles. The minimum Gasteiger partial charge on any atom is -0.495 e. The second-order valence-electron chi connectivity index (χ2n) is 4.38. The van der Waals surface area contributed by atoms with Crippen molar-refractivity contribution in [3.05, 3.63) is 54.6 Å². The monoisotopic (exact) mass is 288 g/mol. The van der Waals surface area contributed by atoms with E-state index in [2.05, 4.69) is 9.71 Å². The van der Waals surface area contributed by atoms with E-state index in [4.69, 9.17) is 0 Å². The van der Waals surface area contributed by atoms with Crippen LogP contribution in [0.4, 0.5) is 5.69 Å². The molecule has 0 unspecified atom stereocenters. The summed E-state index contributed by atoms with van der Waals surface area (Å²) in [6, 6.07) is 14.8. The molecular formula is C14H12N2O3S. The average molecular weight is 288 g/mol. The molecule has 0 atom stereocenters. The Morgan fingerprint density at radius 1 is 1.00 bits per heavy atom. The van der Waals surface area contributed by atoms with E-state index >= 15 is 0 Å². The van der Waals surface area contributed by atoms with Crippen molar-refractivity contribution < 1.29 is 13.5 Å². The number of nitrogens with one attached hydrogen (secondary N) is 2. The molecule has 0 saturated heterocycles. The summed E-state index contributed by atoms with van der Waals surface area (Å²) < 4.78 is 27.0. The largest absolute Gasteiger partial charge is 0.495 e. The summed E-state index contributed by atoms with van der Waals surface area (Å²) in [5, 5.41) is 10.0. The Morgan fingerprint density at radius 2 is 1.75 bits per heavy atom. The third kappa shape index (κ3) is 2.33. The Morgan fingerprint density at radius 3 is 2.50 bits per heavy atom. The zero-order chi connectivity index (χ0) is 14.2. The number of fused-ring (bicyclic) bond motifs is 1. The van der Waals surface area contributed by atoms with E-state index in [0.29, 0.717) is 16.6 Å². The molecule has 0 spiro atoms. The van der Waals surface area contributed by atoms with Crippen molar-refractivity contribution >= 4 is 26.6 Å². The van der Waals surface area contributed by atoms with Gasteiger partial charge in [0.05, 0.1) is 4.90 Å². The van der Waals surface area contributed by atoms with Crippen LogP contribution < -0.4 is 4.72 Å². The van der Waals surface area contributed by atoms with Crippen molar-refractivity contribution in [2.24, 2.45) is 0 Å². The highest BCUT2D eigenvalue weighted by molar-refractivity contribution is 7.92. The summed E-state index contributed by atoms with van der Waals surface area (Å²) in [4.78, 5) is 2.87. The lowest BCUT2D eigenvalue weighted by Gasteiger charge is -2.07. The molecule has 3 rings (SSSR count). The second kappa shape index (κ2) is 4.57. The van der Waals surface area contributed by atoms with Crippen molar-refractivity contribution in [2.45, 2.75) is 4.90 Å². The fourth-order valence-corrected chi connectivity index (χ4v) is 3.08. The van der Waals surface area contributed by atoms with E-state index in [1.807, 2.05) is 6.07 Å². The molecule has 102 valence electrons. The number of aromatic nitrogens is 1. The minimum absolute atomic E-state index is 0.00515. The van der Waals surface area contributed by atoms with E-state index < -0.39 is 10.0 Å². The van der Waals surface area contributed by atoms with Crippen LogP contribution in [-0.2, 0) is 10.0 Å². The second-order valence-corrected chi connectivity index (χ2v) is 6.06. The van der Waals surface area contributed by atoms with Gasteiger partial charge in [-0.15, -0.1) is 0 Å². The number of hydrogen-bond donors (Lipinski definition) is 3. The maximum Gasteiger partial charge on any atom is 0.261 e. The summed E-state index contributed by atoms with van der Waals surface area (Å²) in [6.45, 7) is 0. The van der Waals surface area contributed by atoms with Crippen LogP contribution in [0.15, 0.2) is 59.5 Å². The lowest BCUT2D eigenvalue weighted by atomic mass is 10.2. The highest BCUT2D eigenvalue weighted by Gasteiger charge is 2.15. The number of aromatic hydroxyl groups is 1. The maximum atomic E-state index is 12.3. The van der Waals surface area contributed by atoms with Crippen molar-refractivity contribution in [1.29, 1.82) is 0 Å². The Bertz CT molecular complexity index is 855. The van der Waals surface area contributed by atoms with Gasteiger partial charge in [0, 0.05) is 22.7 Å². The molecule has 2 aromatic carbocycles. The molecule has 0 aliphatic carbocycles. The standard InChI is InChI=1S/C14H12N2O3S/c17-14-9-10-8-12(6-7-13(10)15-14)20(18,19)16-11-4-2-1-3-5-11/h1-9,15-17H. The van der Waals surface area contributed by atoms with Crippen LogP contribution >= 0.6 is 0 Å². The molecule has 0 saturated carbocycles. The minimum atomic E-state index is -3.64. The first kappa shape index (κ1) is 12.6. The number of benzene rings is 2. The topological polar surface area (TPSA) is 82.2 Å². The van der Waals surface area contributed by atoms with Gasteiger partial charge in [0.2, 0.25) is 0 Å². The zero-order valence-corrected chi connectivity index (χ0v) is 11.2. The predicted octanol–water partition coefficient (Wildman–Crippen LogP) is 2.67. The summed E-state index contributed by atoms with van der Waals surface area (Å²) in [5.74, 6) is 0.00515. The molecule has 0 aliphatic rings. The number of H-pyrrole nitrogens is 1. The first-order chi connectivity index (χ1) is 9.54. The van der Waals surface area contributed by atoms with Gasteiger partial charge < -0.3 is 10.1 Å². The van der Waals surface area contributed by atoms with Gasteiger partial charge in [-0.25, -0.2) is 8.42 Å². The molecule has 0 radical (unpaired) electrons. The molecule has 5 nitrogen and oxygen atoms in total. The molecule has 6 heteroatoms. The quantitative estimate of drug-likeness (QED) is 0.693. The van der Waals surface area contributed by atoms with Gasteiger partial charge in [0.25, 0.3) is 10.0 Å². The number of aromatic amines is 1. The lowest BCUT2D eigenvalue weighted by Crippen LogP contribution is -2.12. The third-order valence-corrected chi connectivity index (χ3v) is 4.29. The van der Waals surface area contributed by atoms with Crippen molar-refractivity contribution in [1.82, 2.24) is 4.98 Å². The summed E-state index contributed by atoms with van der Waals surface area (Å²) >= 11 is 0. The number of sulfonamides is 1. The van der Waals surface area contributed by atoms with Gasteiger partial charge in [-0.3, -0.25) is 4.72 Å². The Hall–Kier alpha value is -2.47. The SMILES string of the molecule is O=S(=O)(Nc1ccccc1)c1ccc2[nH]c(O)cc2c1. The Kier molecular flexibility index (Phi) is 2.87. The smallest absolute Gasteiger partial charge is 0.261 e. The average Bonchev–Trinajstić information content (AvgIpc) is 2.78. The Balaban J connectivity index is 2.00. The molecule has 3 N–H and O–H groups in total. The molecule has 3 aromatic rings. The molecular weight excluding hydrogens is 276 g/mol. The lowest BCUT2D eigenvalue weighted by molar-refractivity contribution is 0.458. The first-order valence-corrected chi connectivity index (χ1v) is 7.42. The van der Waals surface area contributed by atoms with Crippen LogP contribution in [0.1, 0.15) is 0 Å². The highest BCUT2D eigenvalue weighted by Crippen LogP contribution is 2.24. The van der Waals surface area contributed by atoms with Crippen LogP contribution in [-0.4, -0.2) is 18.5 Å². The normalized spacial score (nSPS) is 11.6. The molecule has 20 heavy (non-hydrogen) atoms. The molecule has 0 bridgehead atoms. The Labute approximate surface area is 115 Å². The fraction of sp³-hybridized carbons (Fsp3) is 0. The molecule has 0 fully saturated rings. The van der Waals surface area contributed by atoms with E-state index in [9.17, 15) is 13.5 Å². The molecule has 1 heterocycles. The summed E-state index contributed by atoms with van der Waals surface area (Å²) in [7, 11) is -3.64. The van der Waals surface area contributed by atoms with Crippen molar-refractivity contribution in [2.75, 3.05) is 4.72 Å². The van der Waals surface area contributed by atoms with Gasteiger partial charge in [-0.05, 0) is 30.3 Å². The van der Waals surface area contributed by atoms with Crippen molar-refractivity contribution in [3.63, 3.8) is 0 Å². The zero-order valence-electron chi connectivity index (χ0n) is 10.4. The number of para-hydroxylation sites is 1. The van der Waals surface area contributed by atoms with Gasteiger partial charge in [0.15, 0.2) is 5.88 Å². The number of anilines is 1. The summed E-state index contributed by atoms with van der Waals surface area (Å²) in [5.41, 5.74) is 1.19. The highest BCUT2D eigenvalue weighted by atomic mass is 32.2. The molecule has 0 amide bonds. The van der Waals surface area contributed by atoms with Gasteiger partial charge in [-0.2, -0.15) is 0 Å². The van der Waals surface area contributed by atoms with Crippen molar-refractivity contribution in [3.8, 4) is 5.88 Å². The van der Waals surface area contributed by atoms with Gasteiger partial charge in [-0.1, -0.05) is 18.2 Å². The van der Waals surface area contributed by atoms with E-state index in [1.54, 1.807) is 30.3 Å². The van der Waals surface area contributed by atoms with Crippen LogP contribution in [0.3, 0.4) is 0 Å². The van der Waals surface area contributed by atoms with E-state index in [0.717, 1.165) is 0 Å². The maximum absolute atomic E-state index is 12.3. The van der Waals surface area contributed by atoms with E-state index in [1.165, 1.54) is 18.2 Å². The fourth-order valence-electron chi connectivity index (χ4n) is 1.98. The van der Waals surface area contributed by atoms with Gasteiger partial charge >= 0.3 is 0 Å². The third-order valence-electron chi connectivity index (χ3n) is 2.91. The van der Waals surface area contributed by atoms with Crippen LogP contribution in [0.5, 0.6) is 5.88 Å². The van der Waals surface area contributed by atoms with Crippen LogP contribution in [0.2, 0.25) is 0 Å². The number of hydrogen-bond acceptors (Lipinski definition) is 3. The van der Waals surface area contributed by atoms with Crippen LogP contribution in [0.25, 0.3) is 10.9 Å². The molecule has 0 aliphatic heterocycles.